The van der Waals surface area contributed by atoms with Crippen molar-refractivity contribution in [2.45, 2.75) is 32.9 Å². The fraction of sp³-hybridized carbons (Fsp3) is 0.333. The lowest BCUT2D eigenvalue weighted by atomic mass is 10.1. The smallest absolute Gasteiger partial charge is 0.315 e. The molecule has 0 aliphatic heterocycles. The fourth-order valence-corrected chi connectivity index (χ4v) is 2.09. The van der Waals surface area contributed by atoms with Gasteiger partial charge in [0, 0.05) is 18.9 Å². The summed E-state index contributed by atoms with van der Waals surface area (Å²) in [6.45, 7) is 5.20. The fourth-order valence-electron chi connectivity index (χ4n) is 2.09. The molecule has 0 aliphatic carbocycles. The number of urea groups is 1. The van der Waals surface area contributed by atoms with Gasteiger partial charge in [-0.3, -0.25) is 4.98 Å². The van der Waals surface area contributed by atoms with Crippen LogP contribution in [0.15, 0.2) is 48.8 Å². The van der Waals surface area contributed by atoms with Gasteiger partial charge >= 0.3 is 6.03 Å². The van der Waals surface area contributed by atoms with E-state index < -0.39 is 0 Å². The zero-order valence-corrected chi connectivity index (χ0v) is 13.6. The summed E-state index contributed by atoms with van der Waals surface area (Å²) in [6, 6.07) is 11.3. The number of ether oxygens (including phenoxy) is 1. The summed E-state index contributed by atoms with van der Waals surface area (Å²) < 4.78 is 5.53. The molecule has 0 fully saturated rings. The molecular weight excluding hydrogens is 290 g/mol. The van der Waals surface area contributed by atoms with Crippen LogP contribution in [0.25, 0.3) is 0 Å². The molecule has 2 rings (SSSR count). The molecule has 1 unspecified atom stereocenters. The molecule has 1 aromatic carbocycles. The number of nitrogens with zero attached hydrogens (tertiary/aromatic N) is 1. The minimum absolute atomic E-state index is 0.0668. The van der Waals surface area contributed by atoms with E-state index in [1.807, 2.05) is 43.3 Å². The first-order valence-corrected chi connectivity index (χ1v) is 7.85. The van der Waals surface area contributed by atoms with E-state index in [0.717, 1.165) is 23.3 Å². The van der Waals surface area contributed by atoms with E-state index in [1.165, 1.54) is 0 Å². The van der Waals surface area contributed by atoms with Gasteiger partial charge in [-0.2, -0.15) is 0 Å². The molecular formula is C18H23N3O2. The molecule has 0 aliphatic rings. The van der Waals surface area contributed by atoms with Gasteiger partial charge in [-0.05, 0) is 48.7 Å². The van der Waals surface area contributed by atoms with E-state index in [-0.39, 0.29) is 12.1 Å². The highest BCUT2D eigenvalue weighted by molar-refractivity contribution is 5.74. The Morgan fingerprint density at radius 1 is 1.17 bits per heavy atom. The molecule has 1 aromatic heterocycles. The number of hydrogen-bond acceptors (Lipinski definition) is 3. The molecule has 5 nitrogen and oxygen atoms in total. The van der Waals surface area contributed by atoms with E-state index in [0.29, 0.717) is 13.2 Å². The Morgan fingerprint density at radius 3 is 2.52 bits per heavy atom. The molecule has 0 radical (unpaired) electrons. The molecule has 122 valence electrons. The van der Waals surface area contributed by atoms with Crippen molar-refractivity contribution in [1.82, 2.24) is 15.6 Å². The average molecular weight is 313 g/mol. The quantitative estimate of drug-likeness (QED) is 0.823. The lowest BCUT2D eigenvalue weighted by Gasteiger charge is -2.15. The molecule has 1 atom stereocenters. The highest BCUT2D eigenvalue weighted by Gasteiger charge is 2.08. The lowest BCUT2D eigenvalue weighted by molar-refractivity contribution is 0.237. The van der Waals surface area contributed by atoms with Gasteiger partial charge in [0.05, 0.1) is 12.6 Å². The van der Waals surface area contributed by atoms with Crippen molar-refractivity contribution in [3.63, 3.8) is 0 Å². The lowest BCUT2D eigenvalue weighted by Crippen LogP contribution is -2.36. The van der Waals surface area contributed by atoms with Crippen LogP contribution in [0.2, 0.25) is 0 Å². The van der Waals surface area contributed by atoms with E-state index in [1.54, 1.807) is 12.4 Å². The monoisotopic (exact) mass is 313 g/mol. The van der Waals surface area contributed by atoms with Crippen LogP contribution in [-0.4, -0.2) is 17.6 Å². The first-order chi connectivity index (χ1) is 11.2. The summed E-state index contributed by atoms with van der Waals surface area (Å²) in [7, 11) is 0. The first kappa shape index (κ1) is 16.8. The molecule has 2 N–H and O–H groups in total. The molecule has 0 spiro atoms. The molecule has 2 aromatic rings. The van der Waals surface area contributed by atoms with Gasteiger partial charge in [-0.1, -0.05) is 19.1 Å². The second kappa shape index (κ2) is 8.78. The first-order valence-electron chi connectivity index (χ1n) is 7.85. The number of carbonyl (C=O) groups excluding carboxylic acids is 1. The summed E-state index contributed by atoms with van der Waals surface area (Å²) in [5, 5.41) is 5.76. The summed E-state index contributed by atoms with van der Waals surface area (Å²) in [5.41, 5.74) is 2.05. The van der Waals surface area contributed by atoms with Crippen LogP contribution in [0.4, 0.5) is 4.79 Å². The molecule has 0 saturated heterocycles. The molecule has 1 heterocycles. The zero-order chi connectivity index (χ0) is 16.5. The van der Waals surface area contributed by atoms with Crippen molar-refractivity contribution < 1.29 is 9.53 Å². The zero-order valence-electron chi connectivity index (χ0n) is 13.6. The van der Waals surface area contributed by atoms with Crippen LogP contribution in [0.1, 0.15) is 37.4 Å². The van der Waals surface area contributed by atoms with Gasteiger partial charge in [0.25, 0.3) is 0 Å². The van der Waals surface area contributed by atoms with Crippen LogP contribution < -0.4 is 15.4 Å². The van der Waals surface area contributed by atoms with Crippen molar-refractivity contribution in [3.8, 4) is 5.75 Å². The number of benzene rings is 1. The van der Waals surface area contributed by atoms with Crippen LogP contribution in [-0.2, 0) is 6.54 Å². The Hall–Kier alpha value is -2.56. The topological polar surface area (TPSA) is 63.2 Å². The van der Waals surface area contributed by atoms with Crippen molar-refractivity contribution >= 4 is 6.03 Å². The highest BCUT2D eigenvalue weighted by Crippen LogP contribution is 2.13. The van der Waals surface area contributed by atoms with E-state index in [4.69, 9.17) is 4.74 Å². The van der Waals surface area contributed by atoms with Crippen LogP contribution in [0, 0.1) is 0 Å². The third-order valence-electron chi connectivity index (χ3n) is 3.40. The number of rotatable bonds is 7. The maximum Gasteiger partial charge on any atom is 0.315 e. The Kier molecular flexibility index (Phi) is 6.41. The number of nitrogens with one attached hydrogen (secondary N) is 2. The highest BCUT2D eigenvalue weighted by atomic mass is 16.5. The van der Waals surface area contributed by atoms with Crippen LogP contribution >= 0.6 is 0 Å². The molecule has 5 heteroatoms. The predicted molar refractivity (Wildman–Crippen MR) is 90.3 cm³/mol. The molecule has 0 bridgehead atoms. The van der Waals surface area contributed by atoms with Gasteiger partial charge in [0.1, 0.15) is 5.75 Å². The van der Waals surface area contributed by atoms with Crippen LogP contribution in [0.3, 0.4) is 0 Å². The van der Waals surface area contributed by atoms with Gasteiger partial charge in [-0.25, -0.2) is 4.79 Å². The van der Waals surface area contributed by atoms with E-state index in [9.17, 15) is 4.79 Å². The SMILES string of the molecule is CCCOc1ccc(CNC(=O)NC(C)c2ccncc2)cc1. The molecule has 2 amide bonds. The van der Waals surface area contributed by atoms with Crippen molar-refractivity contribution in [2.24, 2.45) is 0 Å². The van der Waals surface area contributed by atoms with Gasteiger partial charge in [-0.15, -0.1) is 0 Å². The maximum atomic E-state index is 11.9. The van der Waals surface area contributed by atoms with Gasteiger partial charge < -0.3 is 15.4 Å². The third-order valence-corrected chi connectivity index (χ3v) is 3.40. The minimum Gasteiger partial charge on any atom is -0.494 e. The normalized spacial score (nSPS) is 11.6. The summed E-state index contributed by atoms with van der Waals surface area (Å²) in [5.74, 6) is 0.853. The van der Waals surface area contributed by atoms with Crippen molar-refractivity contribution in [1.29, 1.82) is 0 Å². The third kappa shape index (κ3) is 5.62. The van der Waals surface area contributed by atoms with E-state index >= 15 is 0 Å². The maximum absolute atomic E-state index is 11.9. The number of aromatic nitrogens is 1. The number of amides is 2. The summed E-state index contributed by atoms with van der Waals surface area (Å²) in [6.07, 6.45) is 4.42. The van der Waals surface area contributed by atoms with Gasteiger partial charge in [0.15, 0.2) is 0 Å². The standard InChI is InChI=1S/C18H23N3O2/c1-3-12-23-17-6-4-15(5-7-17)13-20-18(22)21-14(2)16-8-10-19-11-9-16/h4-11,14H,3,12-13H2,1-2H3,(H2,20,21,22). The average Bonchev–Trinajstić information content (AvgIpc) is 2.59. The largest absolute Gasteiger partial charge is 0.494 e. The number of carbonyl (C=O) groups is 1. The Labute approximate surface area is 137 Å². The van der Waals surface area contributed by atoms with Crippen molar-refractivity contribution in [3.05, 3.63) is 59.9 Å². The Morgan fingerprint density at radius 2 is 1.87 bits per heavy atom. The number of hydrogen-bond donors (Lipinski definition) is 2. The van der Waals surface area contributed by atoms with E-state index in [2.05, 4.69) is 22.5 Å². The molecule has 23 heavy (non-hydrogen) atoms. The Balaban J connectivity index is 1.77. The Bertz CT molecular complexity index is 599. The second-order valence-electron chi connectivity index (χ2n) is 5.32. The van der Waals surface area contributed by atoms with Gasteiger partial charge in [0.2, 0.25) is 0 Å². The summed E-state index contributed by atoms with van der Waals surface area (Å²) >= 11 is 0. The predicted octanol–water partition coefficient (Wildman–Crippen LogP) is 3.43. The number of pyridine rings is 1. The summed E-state index contributed by atoms with van der Waals surface area (Å²) in [4.78, 5) is 15.9. The van der Waals surface area contributed by atoms with Crippen molar-refractivity contribution in [2.75, 3.05) is 6.61 Å². The second-order valence-corrected chi connectivity index (χ2v) is 5.32. The molecule has 0 saturated carbocycles. The minimum atomic E-state index is -0.194. The van der Waals surface area contributed by atoms with Crippen LogP contribution in [0.5, 0.6) is 5.75 Å².